The fraction of sp³-hybridized carbons (Fsp3) is 0. The Bertz CT molecular complexity index is 97.2. The molecule has 8 heteroatoms. The van der Waals surface area contributed by atoms with Crippen molar-refractivity contribution in [2.24, 2.45) is 0 Å². The molecule has 8 N–H and O–H groups in total. The minimum Gasteiger partial charge on any atom is -0.759 e. The van der Waals surface area contributed by atoms with E-state index in [9.17, 15) is 0 Å². The van der Waals surface area contributed by atoms with Crippen LogP contribution in [-0.4, -0.2) is 40.6 Å². The summed E-state index contributed by atoms with van der Waals surface area (Å²) in [5, 5.41) is 0. The molecular formula is H8MgN2O4S. The molecule has 0 aliphatic carbocycles. The van der Waals surface area contributed by atoms with Crippen LogP contribution in [0.2, 0.25) is 0 Å². The van der Waals surface area contributed by atoms with Gasteiger partial charge in [0.2, 0.25) is 0 Å². The monoisotopic (exact) mass is 156 g/mol. The average molecular weight is 156 g/mol. The Morgan fingerprint density at radius 3 is 1.00 bits per heavy atom. The van der Waals surface area contributed by atoms with Crippen molar-refractivity contribution in [3.8, 4) is 0 Å². The van der Waals surface area contributed by atoms with E-state index in [-0.39, 0.29) is 35.4 Å². The molecule has 0 bridgehead atoms. The first-order valence-electron chi connectivity index (χ1n) is 0.667. The summed E-state index contributed by atoms with van der Waals surface area (Å²) >= 11 is 0. The Morgan fingerprint density at radius 2 is 1.00 bits per heavy atom. The summed E-state index contributed by atoms with van der Waals surface area (Å²) in [6, 6.07) is 0. The number of quaternary nitrogens is 2. The molecule has 2 radical (unpaired) electrons. The maximum absolute atomic E-state index is 8.52. The zero-order chi connectivity index (χ0) is 4.50. The van der Waals surface area contributed by atoms with Crippen LogP contribution in [0.1, 0.15) is 0 Å². The molecule has 0 rings (SSSR count). The molecule has 8 heavy (non-hydrogen) atoms. The third-order valence-electron chi connectivity index (χ3n) is 0. The standard InChI is InChI=1S/Mg.2H3N.H2O4S/c;;;1-5(2,3)4/h;2*1H3;(H2,1,2,3,4). The van der Waals surface area contributed by atoms with Crippen LogP contribution < -0.4 is 12.3 Å². The van der Waals surface area contributed by atoms with Crippen molar-refractivity contribution in [1.82, 2.24) is 12.3 Å². The van der Waals surface area contributed by atoms with Crippen molar-refractivity contribution in [2.75, 3.05) is 0 Å². The second-order valence-electron chi connectivity index (χ2n) is 0.408. The van der Waals surface area contributed by atoms with Gasteiger partial charge in [0.25, 0.3) is 0 Å². The van der Waals surface area contributed by atoms with E-state index in [1.165, 1.54) is 0 Å². The lowest BCUT2D eigenvalue weighted by Crippen LogP contribution is -1.91. The summed E-state index contributed by atoms with van der Waals surface area (Å²) in [6.07, 6.45) is 0. The van der Waals surface area contributed by atoms with Crippen LogP contribution in [0.3, 0.4) is 0 Å². The predicted molar refractivity (Wildman–Crippen MR) is 28.2 cm³/mol. The molecule has 0 spiro atoms. The third-order valence-corrected chi connectivity index (χ3v) is 0. The topological polar surface area (TPSA) is 153 Å². The van der Waals surface area contributed by atoms with Crippen molar-refractivity contribution in [1.29, 1.82) is 0 Å². The van der Waals surface area contributed by atoms with Crippen LogP contribution in [0.25, 0.3) is 0 Å². The van der Waals surface area contributed by atoms with Gasteiger partial charge in [0.15, 0.2) is 0 Å². The first kappa shape index (κ1) is 23.5. The van der Waals surface area contributed by atoms with Crippen LogP contribution >= 0.6 is 0 Å². The van der Waals surface area contributed by atoms with Crippen LogP contribution in [-0.2, 0) is 10.4 Å². The molecule has 50 valence electrons. The molecule has 0 amide bonds. The van der Waals surface area contributed by atoms with Crippen LogP contribution in [0, 0.1) is 0 Å². The van der Waals surface area contributed by atoms with Gasteiger partial charge in [-0.1, -0.05) is 0 Å². The van der Waals surface area contributed by atoms with E-state index in [1.54, 1.807) is 0 Å². The minimum atomic E-state index is -5.17. The Hall–Kier alpha value is 0.556. The average Bonchev–Trinajstić information content (AvgIpc) is 0.722. The summed E-state index contributed by atoms with van der Waals surface area (Å²) in [4.78, 5) is 0. The number of hydrogen-bond acceptors (Lipinski definition) is 4. The molecule has 0 aromatic heterocycles. The summed E-state index contributed by atoms with van der Waals surface area (Å²) in [7, 11) is -5.17. The highest BCUT2D eigenvalue weighted by Gasteiger charge is 1.49. The van der Waals surface area contributed by atoms with Crippen molar-refractivity contribution in [3.63, 3.8) is 0 Å². The van der Waals surface area contributed by atoms with E-state index >= 15 is 0 Å². The Balaban J connectivity index is -0.0000000267. The zero-order valence-corrected chi connectivity index (χ0v) is 6.98. The molecule has 0 atom stereocenters. The highest BCUT2D eigenvalue weighted by molar-refractivity contribution is 7.79. The third kappa shape index (κ3) is 654. The van der Waals surface area contributed by atoms with Gasteiger partial charge < -0.3 is 21.4 Å². The van der Waals surface area contributed by atoms with Gasteiger partial charge in [0.05, 0.1) is 0 Å². The minimum absolute atomic E-state index is 0. The molecule has 0 unspecified atom stereocenters. The summed E-state index contributed by atoms with van der Waals surface area (Å²) in [5.74, 6) is 0. The fourth-order valence-corrected chi connectivity index (χ4v) is 0. The second-order valence-corrected chi connectivity index (χ2v) is 1.22. The van der Waals surface area contributed by atoms with Gasteiger partial charge >= 0.3 is 0 Å². The Morgan fingerprint density at radius 1 is 1.00 bits per heavy atom. The number of hydrogen-bond donors (Lipinski definition) is 2. The van der Waals surface area contributed by atoms with E-state index in [2.05, 4.69) is 0 Å². The van der Waals surface area contributed by atoms with E-state index in [0.717, 1.165) is 0 Å². The molecular weight excluding hydrogens is 148 g/mol. The molecule has 0 aromatic carbocycles. The van der Waals surface area contributed by atoms with Crippen molar-refractivity contribution in [2.45, 2.75) is 0 Å². The zero-order valence-electron chi connectivity index (χ0n) is 4.75. The van der Waals surface area contributed by atoms with E-state index < -0.39 is 10.4 Å². The van der Waals surface area contributed by atoms with E-state index in [1.807, 2.05) is 0 Å². The molecule has 0 aliphatic rings. The molecule has 0 heterocycles. The van der Waals surface area contributed by atoms with Crippen molar-refractivity contribution < 1.29 is 17.5 Å². The van der Waals surface area contributed by atoms with Crippen molar-refractivity contribution in [3.05, 3.63) is 0 Å². The first-order valence-corrected chi connectivity index (χ1v) is 2.00. The van der Waals surface area contributed by atoms with Gasteiger partial charge in [-0.3, -0.25) is 8.42 Å². The Kier molecular flexibility index (Phi) is 22.2. The largest absolute Gasteiger partial charge is 0.759 e. The summed E-state index contributed by atoms with van der Waals surface area (Å²) < 4.78 is 34.1. The smallest absolute Gasteiger partial charge is 0.0311 e. The molecule has 0 fully saturated rings. The highest BCUT2D eigenvalue weighted by atomic mass is 32.3. The lowest BCUT2D eigenvalue weighted by atomic mass is 14.0. The van der Waals surface area contributed by atoms with Gasteiger partial charge in [-0.05, 0) is 0 Å². The maximum atomic E-state index is 8.52. The van der Waals surface area contributed by atoms with E-state index in [4.69, 9.17) is 17.5 Å². The normalized spacial score (nSPS) is 7.25. The molecule has 0 saturated carbocycles. The highest BCUT2D eigenvalue weighted by Crippen LogP contribution is 1.57. The van der Waals surface area contributed by atoms with Gasteiger partial charge in [-0.15, -0.1) is 0 Å². The van der Waals surface area contributed by atoms with Crippen LogP contribution in [0.15, 0.2) is 0 Å². The van der Waals surface area contributed by atoms with E-state index in [0.29, 0.717) is 0 Å². The molecule has 6 nitrogen and oxygen atoms in total. The molecule has 0 saturated heterocycles. The van der Waals surface area contributed by atoms with Crippen molar-refractivity contribution >= 4 is 33.5 Å². The SMILES string of the molecule is O=S(=O)([O-])[O-].[Mg].[NH4+].[NH4+]. The van der Waals surface area contributed by atoms with Crippen LogP contribution in [0.5, 0.6) is 0 Å². The lowest BCUT2D eigenvalue weighted by molar-refractivity contribution is 0.352. The van der Waals surface area contributed by atoms with Crippen LogP contribution in [0.4, 0.5) is 0 Å². The summed E-state index contributed by atoms with van der Waals surface area (Å²) in [5.41, 5.74) is 0. The molecule has 0 aliphatic heterocycles. The van der Waals surface area contributed by atoms with Gasteiger partial charge in [0, 0.05) is 33.5 Å². The quantitative estimate of drug-likeness (QED) is 0.263. The second kappa shape index (κ2) is 7.56. The first-order chi connectivity index (χ1) is 2.00. The maximum Gasteiger partial charge on any atom is 0.0311 e. The predicted octanol–water partition coefficient (Wildman–Crippen LogP) is -0.966. The Labute approximate surface area is 63.5 Å². The van der Waals surface area contributed by atoms with Gasteiger partial charge in [-0.2, -0.15) is 0 Å². The lowest BCUT2D eigenvalue weighted by Gasteiger charge is -2.06. The number of rotatable bonds is 0. The van der Waals surface area contributed by atoms with Gasteiger partial charge in [-0.25, -0.2) is 0 Å². The van der Waals surface area contributed by atoms with Gasteiger partial charge in [0.1, 0.15) is 0 Å². The summed E-state index contributed by atoms with van der Waals surface area (Å²) in [6.45, 7) is 0. The molecule has 0 aromatic rings. The fourth-order valence-electron chi connectivity index (χ4n) is 0.